The molecule has 1 aliphatic heterocycles. The van der Waals surface area contributed by atoms with Crippen molar-refractivity contribution in [2.24, 2.45) is 0 Å². The van der Waals surface area contributed by atoms with Gasteiger partial charge in [-0.15, -0.1) is 0 Å². The molecule has 0 spiro atoms. The summed E-state index contributed by atoms with van der Waals surface area (Å²) in [6.07, 6.45) is 0.680. The average molecular weight is 394 g/mol. The first kappa shape index (κ1) is 18.6. The number of hydrogen-bond acceptors (Lipinski definition) is 3. The van der Waals surface area contributed by atoms with Gasteiger partial charge < -0.3 is 4.74 Å². The van der Waals surface area contributed by atoms with Gasteiger partial charge in [0, 0.05) is 5.56 Å². The number of sulfonamides is 1. The van der Waals surface area contributed by atoms with E-state index in [0.29, 0.717) is 12.2 Å². The van der Waals surface area contributed by atoms with Crippen LogP contribution in [0, 0.1) is 6.92 Å². The summed E-state index contributed by atoms with van der Waals surface area (Å²) in [6, 6.07) is 20.6. The number of hydrogen-bond donors (Lipinski definition) is 0. The fourth-order valence-corrected chi connectivity index (χ4v) is 5.84. The normalized spacial score (nSPS) is 15.7. The third-order valence-corrected chi connectivity index (χ3v) is 7.16. The van der Waals surface area contributed by atoms with E-state index in [1.807, 2.05) is 56.3 Å². The minimum Gasteiger partial charge on any atom is -0.496 e. The second-order valence-corrected chi connectivity index (χ2v) is 8.78. The lowest BCUT2D eigenvalue weighted by molar-refractivity contribution is 0.411. The highest BCUT2D eigenvalue weighted by Crippen LogP contribution is 2.48. The molecule has 0 fully saturated rings. The van der Waals surface area contributed by atoms with E-state index in [4.69, 9.17) is 4.74 Å². The summed E-state index contributed by atoms with van der Waals surface area (Å²) in [4.78, 5) is 0.276. The van der Waals surface area contributed by atoms with Gasteiger partial charge in [-0.05, 0) is 54.3 Å². The van der Waals surface area contributed by atoms with Crippen molar-refractivity contribution in [1.82, 2.24) is 0 Å². The molecular formula is C23H23NO3S. The van der Waals surface area contributed by atoms with Crippen molar-refractivity contribution >= 4 is 15.7 Å². The Morgan fingerprint density at radius 1 is 0.964 bits per heavy atom. The highest BCUT2D eigenvalue weighted by atomic mass is 32.2. The van der Waals surface area contributed by atoms with Crippen LogP contribution < -0.4 is 9.04 Å². The Morgan fingerprint density at radius 2 is 1.64 bits per heavy atom. The van der Waals surface area contributed by atoms with Gasteiger partial charge in [0.2, 0.25) is 0 Å². The molecule has 3 aromatic carbocycles. The number of nitrogens with zero attached hydrogens (tertiary/aromatic N) is 1. The van der Waals surface area contributed by atoms with Crippen LogP contribution in [0.15, 0.2) is 71.6 Å². The van der Waals surface area contributed by atoms with E-state index >= 15 is 0 Å². The van der Waals surface area contributed by atoms with E-state index in [9.17, 15) is 8.42 Å². The Bertz CT molecular complexity index is 1140. The third kappa shape index (κ3) is 2.78. The average Bonchev–Trinajstić information content (AvgIpc) is 2.72. The molecule has 0 amide bonds. The standard InChI is InChI=1S/C23H23NO3S/c1-4-21-19-10-6-5-9-18(19)20-11-7-8-12-22(20)24(21)28(25,26)17-13-14-23(27-3)16(2)15-17/h5-15,21H,4H2,1-3H3. The van der Waals surface area contributed by atoms with Crippen LogP contribution in [0.5, 0.6) is 5.75 Å². The molecule has 0 bridgehead atoms. The lowest BCUT2D eigenvalue weighted by atomic mass is 9.89. The highest BCUT2D eigenvalue weighted by Gasteiger charge is 2.38. The van der Waals surface area contributed by atoms with E-state index < -0.39 is 10.0 Å². The largest absolute Gasteiger partial charge is 0.496 e. The lowest BCUT2D eigenvalue weighted by Crippen LogP contribution is -2.37. The van der Waals surface area contributed by atoms with Crippen molar-refractivity contribution in [3.63, 3.8) is 0 Å². The molecule has 0 N–H and O–H groups in total. The van der Waals surface area contributed by atoms with Gasteiger partial charge in [0.25, 0.3) is 10.0 Å². The van der Waals surface area contributed by atoms with E-state index in [2.05, 4.69) is 6.07 Å². The number of aryl methyl sites for hydroxylation is 1. The second-order valence-electron chi connectivity index (χ2n) is 6.96. The van der Waals surface area contributed by atoms with Crippen molar-refractivity contribution in [3.05, 3.63) is 77.9 Å². The number of para-hydroxylation sites is 1. The molecule has 28 heavy (non-hydrogen) atoms. The summed E-state index contributed by atoms with van der Waals surface area (Å²) in [5.74, 6) is 0.676. The number of anilines is 1. The minimum absolute atomic E-state index is 0.251. The predicted molar refractivity (Wildman–Crippen MR) is 112 cm³/mol. The zero-order valence-electron chi connectivity index (χ0n) is 16.2. The van der Waals surface area contributed by atoms with Crippen LogP contribution in [0.3, 0.4) is 0 Å². The summed E-state index contributed by atoms with van der Waals surface area (Å²) < 4.78 is 34.4. The van der Waals surface area contributed by atoms with Crippen LogP contribution in [0.4, 0.5) is 5.69 Å². The SMILES string of the molecule is CCC1c2ccccc2-c2ccccc2N1S(=O)(=O)c1ccc(OC)c(C)c1. The molecule has 0 saturated carbocycles. The van der Waals surface area contributed by atoms with Gasteiger partial charge in [0.05, 0.1) is 23.7 Å². The first-order valence-corrected chi connectivity index (χ1v) is 10.8. The first-order chi connectivity index (χ1) is 13.5. The summed E-state index contributed by atoms with van der Waals surface area (Å²) in [5.41, 5.74) is 4.60. The molecule has 1 heterocycles. The van der Waals surface area contributed by atoms with Crippen LogP contribution >= 0.6 is 0 Å². The van der Waals surface area contributed by atoms with Gasteiger partial charge in [-0.2, -0.15) is 0 Å². The zero-order chi connectivity index (χ0) is 19.9. The smallest absolute Gasteiger partial charge is 0.264 e. The molecule has 4 nitrogen and oxygen atoms in total. The van der Waals surface area contributed by atoms with Gasteiger partial charge in [-0.3, -0.25) is 4.31 Å². The lowest BCUT2D eigenvalue weighted by Gasteiger charge is -2.39. The van der Waals surface area contributed by atoms with Crippen molar-refractivity contribution in [2.75, 3.05) is 11.4 Å². The minimum atomic E-state index is -3.75. The van der Waals surface area contributed by atoms with E-state index in [0.717, 1.165) is 27.9 Å². The maximum Gasteiger partial charge on any atom is 0.264 e. The molecular weight excluding hydrogens is 370 g/mol. The van der Waals surface area contributed by atoms with Crippen LogP contribution in [0.1, 0.15) is 30.5 Å². The molecule has 4 rings (SSSR count). The maximum absolute atomic E-state index is 13.8. The number of benzene rings is 3. The molecule has 0 aliphatic carbocycles. The number of fused-ring (bicyclic) bond motifs is 3. The molecule has 1 aliphatic rings. The summed E-state index contributed by atoms with van der Waals surface area (Å²) in [5, 5.41) is 0. The maximum atomic E-state index is 13.8. The van der Waals surface area contributed by atoms with E-state index in [1.54, 1.807) is 29.6 Å². The van der Waals surface area contributed by atoms with Crippen molar-refractivity contribution < 1.29 is 13.2 Å². The fraction of sp³-hybridized carbons (Fsp3) is 0.217. The summed E-state index contributed by atoms with van der Waals surface area (Å²) in [7, 11) is -2.16. The Kier molecular flexibility index (Phi) is 4.63. The summed E-state index contributed by atoms with van der Waals surface area (Å²) >= 11 is 0. The molecule has 0 saturated heterocycles. The molecule has 144 valence electrons. The third-order valence-electron chi connectivity index (χ3n) is 5.34. The quantitative estimate of drug-likeness (QED) is 0.602. The van der Waals surface area contributed by atoms with Crippen LogP contribution in [0.2, 0.25) is 0 Å². The summed E-state index contributed by atoms with van der Waals surface area (Å²) in [6.45, 7) is 3.88. The van der Waals surface area contributed by atoms with E-state index in [1.165, 1.54) is 0 Å². The molecule has 0 radical (unpaired) electrons. The van der Waals surface area contributed by atoms with Crippen molar-refractivity contribution in [1.29, 1.82) is 0 Å². The van der Waals surface area contributed by atoms with Crippen LogP contribution in [-0.2, 0) is 10.0 Å². The number of methoxy groups -OCH3 is 1. The molecule has 5 heteroatoms. The number of ether oxygens (including phenoxy) is 1. The van der Waals surface area contributed by atoms with Crippen LogP contribution in [-0.4, -0.2) is 15.5 Å². The van der Waals surface area contributed by atoms with Crippen molar-refractivity contribution in [2.45, 2.75) is 31.2 Å². The van der Waals surface area contributed by atoms with Gasteiger partial charge in [0.15, 0.2) is 0 Å². The van der Waals surface area contributed by atoms with Crippen molar-refractivity contribution in [3.8, 4) is 16.9 Å². The first-order valence-electron chi connectivity index (χ1n) is 9.36. The topological polar surface area (TPSA) is 46.6 Å². The fourth-order valence-electron chi connectivity index (χ4n) is 4.03. The molecule has 1 atom stereocenters. The van der Waals surface area contributed by atoms with Gasteiger partial charge in [-0.1, -0.05) is 49.4 Å². The predicted octanol–water partition coefficient (Wildman–Crippen LogP) is 5.33. The van der Waals surface area contributed by atoms with E-state index in [-0.39, 0.29) is 10.9 Å². The Hall–Kier alpha value is -2.79. The van der Waals surface area contributed by atoms with Gasteiger partial charge in [0.1, 0.15) is 5.75 Å². The molecule has 0 aromatic heterocycles. The highest BCUT2D eigenvalue weighted by molar-refractivity contribution is 7.92. The Labute approximate surface area is 166 Å². The van der Waals surface area contributed by atoms with Crippen LogP contribution in [0.25, 0.3) is 11.1 Å². The van der Waals surface area contributed by atoms with Gasteiger partial charge in [-0.25, -0.2) is 8.42 Å². The molecule has 3 aromatic rings. The van der Waals surface area contributed by atoms with Gasteiger partial charge >= 0.3 is 0 Å². The monoisotopic (exact) mass is 393 g/mol. The Morgan fingerprint density at radius 3 is 2.32 bits per heavy atom. The molecule has 1 unspecified atom stereocenters. The Balaban J connectivity index is 1.94. The zero-order valence-corrected chi connectivity index (χ0v) is 17.0. The number of rotatable bonds is 4. The second kappa shape index (κ2) is 6.99.